The van der Waals surface area contributed by atoms with Crippen molar-refractivity contribution < 1.29 is 0 Å². The molecule has 0 bridgehead atoms. The zero-order valence-corrected chi connectivity index (χ0v) is 30.0. The van der Waals surface area contributed by atoms with Gasteiger partial charge in [-0.2, -0.15) is 0 Å². The third kappa shape index (κ3) is 4.69. The van der Waals surface area contributed by atoms with Gasteiger partial charge in [-0.25, -0.2) is 0 Å². The Labute approximate surface area is 310 Å². The summed E-state index contributed by atoms with van der Waals surface area (Å²) in [5.41, 5.74) is 13.3. The standard InChI is InChI=1S/C53H38/c1-53(2)50-14-8-7-12-46(50)47-26-25-40(32-51(47)53)39-19-16-33-15-18-38(29-43(33)30-39)35-20-21-37-28-41(23-22-36(37)27-35)49-31-42-24-17-34-9-3-4-10-44(34)52(42)48-13-6-5-11-45(48)49/h3-32,36-37H,1-2H3. The van der Waals surface area contributed by atoms with E-state index >= 15 is 0 Å². The van der Waals surface area contributed by atoms with Crippen LogP contribution in [0.25, 0.3) is 76.5 Å². The second-order valence-corrected chi connectivity index (χ2v) is 15.7. The molecule has 0 saturated carbocycles. The van der Waals surface area contributed by atoms with E-state index in [1.54, 1.807) is 0 Å². The van der Waals surface area contributed by atoms with E-state index in [0.717, 1.165) is 0 Å². The Morgan fingerprint density at radius 2 is 1.00 bits per heavy atom. The van der Waals surface area contributed by atoms with Gasteiger partial charge in [0, 0.05) is 17.3 Å². The van der Waals surface area contributed by atoms with Gasteiger partial charge in [-0.15, -0.1) is 0 Å². The van der Waals surface area contributed by atoms with Gasteiger partial charge in [0.05, 0.1) is 0 Å². The molecule has 0 fully saturated rings. The lowest BCUT2D eigenvalue weighted by Gasteiger charge is -2.26. The molecule has 8 aromatic carbocycles. The number of hydrogen-bond acceptors (Lipinski definition) is 0. The summed E-state index contributed by atoms with van der Waals surface area (Å²) in [6, 6.07) is 54.4. The zero-order chi connectivity index (χ0) is 35.3. The highest BCUT2D eigenvalue weighted by Crippen LogP contribution is 2.49. The van der Waals surface area contributed by atoms with Crippen LogP contribution < -0.4 is 0 Å². The molecule has 0 N–H and O–H groups in total. The fourth-order valence-corrected chi connectivity index (χ4v) is 9.52. The molecule has 0 heterocycles. The first-order valence-corrected chi connectivity index (χ1v) is 18.9. The minimum absolute atomic E-state index is 0.00821. The minimum Gasteiger partial charge on any atom is -0.0761 e. The van der Waals surface area contributed by atoms with Crippen molar-refractivity contribution in [2.24, 2.45) is 11.8 Å². The van der Waals surface area contributed by atoms with Gasteiger partial charge in [0.25, 0.3) is 0 Å². The Morgan fingerprint density at radius 1 is 0.396 bits per heavy atom. The molecule has 0 nitrogen and oxygen atoms in total. The molecule has 11 rings (SSSR count). The van der Waals surface area contributed by atoms with Gasteiger partial charge in [-0.05, 0) is 123 Å². The Balaban J connectivity index is 0.912. The summed E-state index contributed by atoms with van der Waals surface area (Å²) in [5.74, 6) is 0.655. The van der Waals surface area contributed by atoms with Crippen LogP contribution in [0.4, 0.5) is 0 Å². The van der Waals surface area contributed by atoms with Crippen molar-refractivity contribution in [1.29, 1.82) is 0 Å². The number of fused-ring (bicyclic) bond motifs is 10. The van der Waals surface area contributed by atoms with Crippen LogP contribution in [-0.2, 0) is 5.41 Å². The number of benzene rings is 8. The maximum Gasteiger partial charge on any atom is 0.0159 e. The summed E-state index contributed by atoms with van der Waals surface area (Å²) < 4.78 is 0. The summed E-state index contributed by atoms with van der Waals surface area (Å²) in [7, 11) is 0. The first-order chi connectivity index (χ1) is 26.0. The molecule has 3 aliphatic rings. The highest BCUT2D eigenvalue weighted by Gasteiger charge is 2.35. The van der Waals surface area contributed by atoms with E-state index in [4.69, 9.17) is 0 Å². The molecule has 2 atom stereocenters. The lowest BCUT2D eigenvalue weighted by atomic mass is 9.78. The van der Waals surface area contributed by atoms with Gasteiger partial charge in [0.15, 0.2) is 0 Å². The molecule has 53 heavy (non-hydrogen) atoms. The highest BCUT2D eigenvalue weighted by molar-refractivity contribution is 6.22. The van der Waals surface area contributed by atoms with E-state index in [0.29, 0.717) is 11.8 Å². The number of rotatable bonds is 3. The normalized spacial score (nSPS) is 18.2. The van der Waals surface area contributed by atoms with Crippen molar-refractivity contribution in [1.82, 2.24) is 0 Å². The molecule has 0 aromatic heterocycles. The van der Waals surface area contributed by atoms with Gasteiger partial charge in [0.2, 0.25) is 0 Å². The van der Waals surface area contributed by atoms with E-state index in [2.05, 4.69) is 196 Å². The van der Waals surface area contributed by atoms with Gasteiger partial charge in [-0.3, -0.25) is 0 Å². The van der Waals surface area contributed by atoms with Crippen molar-refractivity contribution in [2.75, 3.05) is 0 Å². The highest BCUT2D eigenvalue weighted by atomic mass is 14.4. The van der Waals surface area contributed by atoms with Crippen LogP contribution in [0.3, 0.4) is 0 Å². The monoisotopic (exact) mass is 674 g/mol. The van der Waals surface area contributed by atoms with Crippen molar-refractivity contribution in [3.63, 3.8) is 0 Å². The molecule has 250 valence electrons. The Hall–Kier alpha value is -6.24. The van der Waals surface area contributed by atoms with E-state index in [1.807, 2.05) is 0 Å². The molecule has 2 unspecified atom stereocenters. The maximum atomic E-state index is 2.48. The second-order valence-electron chi connectivity index (χ2n) is 15.7. The first-order valence-electron chi connectivity index (χ1n) is 18.9. The molecule has 0 amide bonds. The van der Waals surface area contributed by atoms with Crippen LogP contribution >= 0.6 is 0 Å². The average Bonchev–Trinajstić information content (AvgIpc) is 3.44. The largest absolute Gasteiger partial charge is 0.0761 e. The van der Waals surface area contributed by atoms with Crippen molar-refractivity contribution >= 4 is 54.2 Å². The van der Waals surface area contributed by atoms with Gasteiger partial charge in [-0.1, -0.05) is 172 Å². The quantitative estimate of drug-likeness (QED) is 0.164. The molecule has 0 aliphatic heterocycles. The van der Waals surface area contributed by atoms with E-state index in [1.165, 1.54) is 98.7 Å². The number of allylic oxidation sites excluding steroid dienone is 8. The summed E-state index contributed by atoms with van der Waals surface area (Å²) in [5, 5.41) is 10.4. The average molecular weight is 675 g/mol. The van der Waals surface area contributed by atoms with Crippen LogP contribution in [0.2, 0.25) is 0 Å². The molecule has 0 spiro atoms. The predicted molar refractivity (Wildman–Crippen MR) is 227 cm³/mol. The van der Waals surface area contributed by atoms with E-state index in [-0.39, 0.29) is 5.41 Å². The smallest absolute Gasteiger partial charge is 0.0159 e. The molecule has 0 saturated heterocycles. The zero-order valence-electron chi connectivity index (χ0n) is 30.0. The Kier molecular flexibility index (Phi) is 6.53. The summed E-state index contributed by atoms with van der Waals surface area (Å²) in [6.45, 7) is 4.71. The summed E-state index contributed by atoms with van der Waals surface area (Å²) >= 11 is 0. The topological polar surface area (TPSA) is 0 Å². The van der Waals surface area contributed by atoms with Crippen molar-refractivity contribution in [2.45, 2.75) is 19.3 Å². The third-order valence-corrected chi connectivity index (χ3v) is 12.3. The Morgan fingerprint density at radius 3 is 1.87 bits per heavy atom. The van der Waals surface area contributed by atoms with Crippen LogP contribution in [0.5, 0.6) is 0 Å². The number of hydrogen-bond donors (Lipinski definition) is 0. The molecule has 0 heteroatoms. The molecular weight excluding hydrogens is 637 g/mol. The van der Waals surface area contributed by atoms with Gasteiger partial charge >= 0.3 is 0 Å². The van der Waals surface area contributed by atoms with Crippen LogP contribution in [0.15, 0.2) is 182 Å². The van der Waals surface area contributed by atoms with Crippen LogP contribution in [-0.4, -0.2) is 0 Å². The summed E-state index contributed by atoms with van der Waals surface area (Å²) in [4.78, 5) is 0. The SMILES string of the molecule is CC1(C)c2ccccc2-c2ccc(-c3ccc4ccc(C5=CC6C=CC(c7cc8ccc9ccccc9c8c8ccccc78)=CC6C=C5)cc4c3)cc21. The Bertz CT molecular complexity index is 2980. The van der Waals surface area contributed by atoms with Crippen molar-refractivity contribution in [3.05, 3.63) is 204 Å². The molecule has 3 aliphatic carbocycles. The fraction of sp³-hybridized carbons (Fsp3) is 0.0943. The minimum atomic E-state index is -0.00821. The summed E-state index contributed by atoms with van der Waals surface area (Å²) in [6.07, 6.45) is 14.5. The first kappa shape index (κ1) is 30.4. The molecule has 0 radical (unpaired) electrons. The molecular formula is C53H38. The predicted octanol–water partition coefficient (Wildman–Crippen LogP) is 14.1. The third-order valence-electron chi connectivity index (χ3n) is 12.3. The molecule has 8 aromatic rings. The van der Waals surface area contributed by atoms with E-state index < -0.39 is 0 Å². The van der Waals surface area contributed by atoms with Gasteiger partial charge < -0.3 is 0 Å². The van der Waals surface area contributed by atoms with Crippen LogP contribution in [0.1, 0.15) is 36.1 Å². The maximum absolute atomic E-state index is 2.48. The fourth-order valence-electron chi connectivity index (χ4n) is 9.52. The van der Waals surface area contributed by atoms with Crippen LogP contribution in [0, 0.1) is 11.8 Å². The lowest BCUT2D eigenvalue weighted by molar-refractivity contribution is 0.660. The van der Waals surface area contributed by atoms with E-state index in [9.17, 15) is 0 Å². The second kappa shape index (κ2) is 11.4. The van der Waals surface area contributed by atoms with Gasteiger partial charge in [0.1, 0.15) is 0 Å². The van der Waals surface area contributed by atoms with Crippen molar-refractivity contribution in [3.8, 4) is 22.3 Å². The lowest BCUT2D eigenvalue weighted by Crippen LogP contribution is -2.14.